The molecule has 1 aromatic heterocycles. The fourth-order valence-corrected chi connectivity index (χ4v) is 4.50. The van der Waals surface area contributed by atoms with E-state index in [1.54, 1.807) is 14.2 Å². The Hall–Kier alpha value is -3.53. The molecule has 2 N–H and O–H groups in total. The fourth-order valence-electron chi connectivity index (χ4n) is 3.71. The minimum absolute atomic E-state index is 0.0787. The maximum absolute atomic E-state index is 12.5. The molecule has 1 aliphatic carbocycles. The van der Waals surface area contributed by atoms with Crippen LogP contribution in [0.15, 0.2) is 47.6 Å². The third-order valence-electron chi connectivity index (χ3n) is 5.54. The van der Waals surface area contributed by atoms with Crippen molar-refractivity contribution < 1.29 is 19.1 Å². The summed E-state index contributed by atoms with van der Waals surface area (Å²) < 4.78 is 12.6. The van der Waals surface area contributed by atoms with Gasteiger partial charge in [0, 0.05) is 25.1 Å². The molecule has 0 saturated heterocycles. The molecule has 3 aromatic rings. The number of benzene rings is 2. The lowest BCUT2D eigenvalue weighted by atomic mass is 10.1. The second-order valence-electron chi connectivity index (χ2n) is 8.26. The number of amides is 2. The molecular weight excluding hydrogens is 466 g/mol. The van der Waals surface area contributed by atoms with Gasteiger partial charge in [-0.05, 0) is 55.2 Å². The number of nitrogens with one attached hydrogen (secondary N) is 2. The van der Waals surface area contributed by atoms with Crippen LogP contribution in [-0.2, 0) is 16.0 Å². The van der Waals surface area contributed by atoms with Gasteiger partial charge in [0.1, 0.15) is 5.82 Å². The van der Waals surface area contributed by atoms with E-state index in [-0.39, 0.29) is 17.6 Å². The number of carbonyl (C=O) groups is 2. The monoisotopic (exact) mass is 495 g/mol. The number of anilines is 1. The van der Waals surface area contributed by atoms with E-state index < -0.39 is 0 Å². The molecular formula is C25H29N5O4S. The van der Waals surface area contributed by atoms with Crippen molar-refractivity contribution in [1.29, 1.82) is 0 Å². The minimum atomic E-state index is -0.132. The summed E-state index contributed by atoms with van der Waals surface area (Å²) in [6.07, 6.45) is 2.82. The standard InChI is InChI=1S/C25H29N5O4S/c1-16(31)27-19-5-4-6-20(14-19)30-24(18-8-9-18)28-29-25(30)35-15-23(32)26-12-11-17-7-10-21(33-2)22(13-17)34-3/h4-7,10,13-14,18H,8-9,11-12,15H2,1-3H3,(H,26,32)(H,27,31). The van der Waals surface area contributed by atoms with Crippen LogP contribution < -0.4 is 20.1 Å². The number of methoxy groups -OCH3 is 2. The number of hydrogen-bond acceptors (Lipinski definition) is 7. The van der Waals surface area contributed by atoms with Gasteiger partial charge in [0.15, 0.2) is 16.7 Å². The maximum Gasteiger partial charge on any atom is 0.230 e. The van der Waals surface area contributed by atoms with Gasteiger partial charge in [-0.15, -0.1) is 10.2 Å². The molecule has 0 spiro atoms. The topological polar surface area (TPSA) is 107 Å². The van der Waals surface area contributed by atoms with Gasteiger partial charge in [0.05, 0.1) is 25.7 Å². The van der Waals surface area contributed by atoms with Gasteiger partial charge in [-0.3, -0.25) is 14.2 Å². The van der Waals surface area contributed by atoms with Crippen LogP contribution in [0.25, 0.3) is 5.69 Å². The molecule has 0 bridgehead atoms. The molecule has 10 heteroatoms. The predicted molar refractivity (Wildman–Crippen MR) is 135 cm³/mol. The Morgan fingerprint density at radius 2 is 1.89 bits per heavy atom. The summed E-state index contributed by atoms with van der Waals surface area (Å²) in [5.41, 5.74) is 2.61. The smallest absolute Gasteiger partial charge is 0.230 e. The third-order valence-corrected chi connectivity index (χ3v) is 6.47. The molecule has 1 heterocycles. The second kappa shape index (κ2) is 11.3. The van der Waals surface area contributed by atoms with E-state index in [1.807, 2.05) is 47.0 Å². The summed E-state index contributed by atoms with van der Waals surface area (Å²) >= 11 is 1.35. The van der Waals surface area contributed by atoms with Gasteiger partial charge < -0.3 is 20.1 Å². The van der Waals surface area contributed by atoms with Gasteiger partial charge in [0.2, 0.25) is 11.8 Å². The highest BCUT2D eigenvalue weighted by Crippen LogP contribution is 2.41. The molecule has 0 atom stereocenters. The molecule has 2 amide bonds. The largest absolute Gasteiger partial charge is 0.493 e. The SMILES string of the molecule is COc1ccc(CCNC(=O)CSc2nnc(C3CC3)n2-c2cccc(NC(C)=O)c2)cc1OC. The molecule has 9 nitrogen and oxygen atoms in total. The zero-order valence-electron chi connectivity index (χ0n) is 20.0. The van der Waals surface area contributed by atoms with Gasteiger partial charge in [-0.2, -0.15) is 0 Å². The Bertz CT molecular complexity index is 1210. The Morgan fingerprint density at radius 3 is 2.60 bits per heavy atom. The Morgan fingerprint density at radius 1 is 1.09 bits per heavy atom. The van der Waals surface area contributed by atoms with E-state index in [0.29, 0.717) is 41.2 Å². The Labute approximate surface area is 208 Å². The number of carbonyl (C=O) groups excluding carboxylic acids is 2. The van der Waals surface area contributed by atoms with Gasteiger partial charge in [-0.1, -0.05) is 23.9 Å². The van der Waals surface area contributed by atoms with Gasteiger partial charge >= 0.3 is 0 Å². The highest BCUT2D eigenvalue weighted by Gasteiger charge is 2.31. The summed E-state index contributed by atoms with van der Waals surface area (Å²) in [5.74, 6) is 2.62. The summed E-state index contributed by atoms with van der Waals surface area (Å²) in [7, 11) is 3.20. The first kappa shape index (κ1) is 24.6. The minimum Gasteiger partial charge on any atom is -0.493 e. The molecule has 184 valence electrons. The first-order valence-electron chi connectivity index (χ1n) is 11.4. The molecule has 1 saturated carbocycles. The van der Waals surface area contributed by atoms with Crippen LogP contribution in [0.2, 0.25) is 0 Å². The molecule has 0 radical (unpaired) electrons. The number of rotatable bonds is 11. The fraction of sp³-hybridized carbons (Fsp3) is 0.360. The van der Waals surface area contributed by atoms with E-state index >= 15 is 0 Å². The van der Waals surface area contributed by atoms with Crippen molar-refractivity contribution in [3.05, 3.63) is 53.9 Å². The molecule has 1 fully saturated rings. The first-order valence-corrected chi connectivity index (χ1v) is 12.4. The van der Waals surface area contributed by atoms with Crippen molar-refractivity contribution in [1.82, 2.24) is 20.1 Å². The van der Waals surface area contributed by atoms with E-state index in [1.165, 1.54) is 18.7 Å². The Kier molecular flexibility index (Phi) is 7.91. The van der Waals surface area contributed by atoms with Gasteiger partial charge in [0.25, 0.3) is 0 Å². The molecule has 0 aliphatic heterocycles. The lowest BCUT2D eigenvalue weighted by molar-refractivity contribution is -0.118. The number of nitrogens with zero attached hydrogens (tertiary/aromatic N) is 3. The lowest BCUT2D eigenvalue weighted by Gasteiger charge is -2.12. The molecule has 1 aliphatic rings. The number of hydrogen-bond donors (Lipinski definition) is 2. The molecule has 2 aromatic carbocycles. The third kappa shape index (κ3) is 6.33. The van der Waals surface area contributed by atoms with Crippen molar-refractivity contribution in [3.8, 4) is 17.2 Å². The van der Waals surface area contributed by atoms with Crippen LogP contribution in [0.4, 0.5) is 5.69 Å². The number of aromatic nitrogens is 3. The summed E-state index contributed by atoms with van der Waals surface area (Å²) in [5, 5.41) is 15.2. The van der Waals surface area contributed by atoms with E-state index in [4.69, 9.17) is 9.47 Å². The summed E-state index contributed by atoms with van der Waals surface area (Å²) in [6, 6.07) is 13.3. The zero-order valence-corrected chi connectivity index (χ0v) is 20.9. The normalized spacial score (nSPS) is 12.8. The van der Waals surface area contributed by atoms with E-state index in [2.05, 4.69) is 20.8 Å². The highest BCUT2D eigenvalue weighted by molar-refractivity contribution is 7.99. The van der Waals surface area contributed by atoms with Crippen LogP contribution in [0, 0.1) is 0 Å². The molecule has 35 heavy (non-hydrogen) atoms. The lowest BCUT2D eigenvalue weighted by Crippen LogP contribution is -2.27. The Balaban J connectivity index is 1.38. The summed E-state index contributed by atoms with van der Waals surface area (Å²) in [6.45, 7) is 1.99. The average molecular weight is 496 g/mol. The highest BCUT2D eigenvalue weighted by atomic mass is 32.2. The van der Waals surface area contributed by atoms with Crippen molar-refractivity contribution in [2.24, 2.45) is 0 Å². The van der Waals surface area contributed by atoms with E-state index in [0.717, 1.165) is 29.9 Å². The van der Waals surface area contributed by atoms with Crippen molar-refractivity contribution in [2.45, 2.75) is 37.3 Å². The van der Waals surface area contributed by atoms with Crippen molar-refractivity contribution >= 4 is 29.3 Å². The van der Waals surface area contributed by atoms with Crippen LogP contribution in [0.1, 0.15) is 37.1 Å². The van der Waals surface area contributed by atoms with Gasteiger partial charge in [-0.25, -0.2) is 0 Å². The second-order valence-corrected chi connectivity index (χ2v) is 9.20. The van der Waals surface area contributed by atoms with Crippen molar-refractivity contribution in [2.75, 3.05) is 31.8 Å². The zero-order chi connectivity index (χ0) is 24.8. The number of ether oxygens (including phenoxy) is 2. The predicted octanol–water partition coefficient (Wildman–Crippen LogP) is 3.57. The van der Waals surface area contributed by atoms with Crippen LogP contribution in [-0.4, -0.2) is 53.1 Å². The maximum atomic E-state index is 12.5. The van der Waals surface area contributed by atoms with Crippen LogP contribution >= 0.6 is 11.8 Å². The van der Waals surface area contributed by atoms with E-state index in [9.17, 15) is 9.59 Å². The summed E-state index contributed by atoms with van der Waals surface area (Å²) in [4.78, 5) is 24.0. The van der Waals surface area contributed by atoms with Crippen LogP contribution in [0.3, 0.4) is 0 Å². The quantitative estimate of drug-likeness (QED) is 0.392. The first-order chi connectivity index (χ1) is 17.0. The molecule has 0 unspecified atom stereocenters. The number of thioether (sulfide) groups is 1. The van der Waals surface area contributed by atoms with Crippen molar-refractivity contribution in [3.63, 3.8) is 0 Å². The molecule has 4 rings (SSSR count). The average Bonchev–Trinajstić information content (AvgIpc) is 3.61. The van der Waals surface area contributed by atoms with Crippen LogP contribution in [0.5, 0.6) is 11.5 Å².